The summed E-state index contributed by atoms with van der Waals surface area (Å²) in [6.45, 7) is 0.433. The molecule has 0 atom stereocenters. The monoisotopic (exact) mass is 429 g/mol. The molecule has 0 unspecified atom stereocenters. The van der Waals surface area contributed by atoms with Crippen LogP contribution in [0.3, 0.4) is 0 Å². The lowest BCUT2D eigenvalue weighted by Gasteiger charge is -2.10. The molecule has 0 aliphatic heterocycles. The van der Waals surface area contributed by atoms with E-state index in [-0.39, 0.29) is 5.69 Å². The van der Waals surface area contributed by atoms with Gasteiger partial charge < -0.3 is 4.74 Å². The van der Waals surface area contributed by atoms with Crippen LogP contribution in [-0.4, -0.2) is 16.8 Å². The summed E-state index contributed by atoms with van der Waals surface area (Å²) in [7, 11) is 0. The first-order valence-electron chi connectivity index (χ1n) is 9.58. The van der Waals surface area contributed by atoms with E-state index in [0.29, 0.717) is 22.9 Å². The van der Waals surface area contributed by atoms with E-state index >= 15 is 0 Å². The number of ether oxygens (including phenoxy) is 1. The predicted octanol–water partition coefficient (Wildman–Crippen LogP) is 4.46. The van der Waals surface area contributed by atoms with E-state index in [1.165, 1.54) is 11.3 Å². The van der Waals surface area contributed by atoms with Crippen LogP contribution in [0.25, 0.3) is 10.6 Å². The SMILES string of the molecule is O=C(NNC(=O)c1csc(-c2ccccc2OCc2ccccc2)n1)c1ccccc1. The van der Waals surface area contributed by atoms with Crippen molar-refractivity contribution < 1.29 is 14.3 Å². The number of hydrogen-bond acceptors (Lipinski definition) is 5. The minimum absolute atomic E-state index is 0.214. The number of thiazole rings is 1. The summed E-state index contributed by atoms with van der Waals surface area (Å²) in [6.07, 6.45) is 0. The molecule has 1 heterocycles. The standard InChI is InChI=1S/C24H19N3O3S/c28-22(18-11-5-2-6-12-18)26-27-23(29)20-16-31-24(25-20)19-13-7-8-14-21(19)30-15-17-9-3-1-4-10-17/h1-14,16H,15H2,(H,26,28)(H,27,29). The molecule has 0 aliphatic carbocycles. The minimum Gasteiger partial charge on any atom is -0.488 e. The van der Waals surface area contributed by atoms with Gasteiger partial charge in [-0.1, -0.05) is 60.7 Å². The van der Waals surface area contributed by atoms with Gasteiger partial charge in [-0.25, -0.2) is 4.98 Å². The van der Waals surface area contributed by atoms with Gasteiger partial charge in [-0.2, -0.15) is 0 Å². The highest BCUT2D eigenvalue weighted by Crippen LogP contribution is 2.32. The zero-order chi connectivity index (χ0) is 21.5. The van der Waals surface area contributed by atoms with Crippen LogP contribution in [0.4, 0.5) is 0 Å². The molecule has 4 rings (SSSR count). The zero-order valence-electron chi connectivity index (χ0n) is 16.4. The highest BCUT2D eigenvalue weighted by molar-refractivity contribution is 7.13. The van der Waals surface area contributed by atoms with Crippen LogP contribution in [0.15, 0.2) is 90.3 Å². The lowest BCUT2D eigenvalue weighted by molar-refractivity contribution is 0.0844. The largest absolute Gasteiger partial charge is 0.488 e. The third-order valence-electron chi connectivity index (χ3n) is 4.42. The summed E-state index contributed by atoms with van der Waals surface area (Å²) in [6, 6.07) is 26.1. The van der Waals surface area contributed by atoms with Crippen molar-refractivity contribution in [2.24, 2.45) is 0 Å². The number of hydrogen-bond donors (Lipinski definition) is 2. The Bertz CT molecular complexity index is 1180. The Hall–Kier alpha value is -3.97. The van der Waals surface area contributed by atoms with E-state index in [2.05, 4.69) is 15.8 Å². The molecule has 6 nitrogen and oxygen atoms in total. The summed E-state index contributed by atoms with van der Waals surface area (Å²) >= 11 is 1.33. The number of benzene rings is 3. The second-order valence-corrected chi connectivity index (χ2v) is 7.44. The van der Waals surface area contributed by atoms with Crippen molar-refractivity contribution in [1.29, 1.82) is 0 Å². The molecule has 1 aromatic heterocycles. The summed E-state index contributed by atoms with van der Waals surface area (Å²) in [5.74, 6) is -0.205. The quantitative estimate of drug-likeness (QED) is 0.444. The van der Waals surface area contributed by atoms with Crippen molar-refractivity contribution in [3.63, 3.8) is 0 Å². The molecule has 0 radical (unpaired) electrons. The van der Waals surface area contributed by atoms with Crippen molar-refractivity contribution in [1.82, 2.24) is 15.8 Å². The highest BCUT2D eigenvalue weighted by atomic mass is 32.1. The average Bonchev–Trinajstić information content (AvgIpc) is 3.33. The van der Waals surface area contributed by atoms with Gasteiger partial charge in [0, 0.05) is 10.9 Å². The minimum atomic E-state index is -0.491. The Kier molecular flexibility index (Phi) is 6.35. The molecular formula is C24H19N3O3S. The number of nitrogens with zero attached hydrogens (tertiary/aromatic N) is 1. The van der Waals surface area contributed by atoms with E-state index in [1.807, 2.05) is 60.7 Å². The maximum Gasteiger partial charge on any atom is 0.289 e. The first kappa shape index (κ1) is 20.3. The van der Waals surface area contributed by atoms with Crippen LogP contribution < -0.4 is 15.6 Å². The number of hydrazine groups is 1. The summed E-state index contributed by atoms with van der Waals surface area (Å²) < 4.78 is 5.98. The molecule has 31 heavy (non-hydrogen) atoms. The molecule has 7 heteroatoms. The summed E-state index contributed by atoms with van der Waals surface area (Å²) in [4.78, 5) is 28.9. The van der Waals surface area contributed by atoms with Gasteiger partial charge in [0.15, 0.2) is 0 Å². The van der Waals surface area contributed by atoms with E-state index in [4.69, 9.17) is 4.74 Å². The maximum absolute atomic E-state index is 12.4. The average molecular weight is 430 g/mol. The Labute approximate surface area is 183 Å². The van der Waals surface area contributed by atoms with Crippen LogP contribution in [0, 0.1) is 0 Å². The number of nitrogens with one attached hydrogen (secondary N) is 2. The molecule has 3 aromatic carbocycles. The van der Waals surface area contributed by atoms with E-state index in [0.717, 1.165) is 11.1 Å². The number of aromatic nitrogens is 1. The molecule has 2 amide bonds. The lowest BCUT2D eigenvalue weighted by atomic mass is 10.2. The first-order valence-corrected chi connectivity index (χ1v) is 10.5. The van der Waals surface area contributed by atoms with Crippen molar-refractivity contribution >= 4 is 23.2 Å². The molecule has 0 bridgehead atoms. The molecule has 0 aliphatic rings. The van der Waals surface area contributed by atoms with Crippen LogP contribution in [-0.2, 0) is 6.61 Å². The number of rotatable bonds is 6. The van der Waals surface area contributed by atoms with E-state index in [9.17, 15) is 9.59 Å². The van der Waals surface area contributed by atoms with E-state index < -0.39 is 11.8 Å². The highest BCUT2D eigenvalue weighted by Gasteiger charge is 2.15. The Morgan fingerprint density at radius 3 is 2.23 bits per heavy atom. The predicted molar refractivity (Wildman–Crippen MR) is 120 cm³/mol. The normalized spacial score (nSPS) is 10.3. The molecular weight excluding hydrogens is 410 g/mol. The number of carbonyl (C=O) groups excluding carboxylic acids is 2. The zero-order valence-corrected chi connectivity index (χ0v) is 17.3. The van der Waals surface area contributed by atoms with Gasteiger partial charge in [-0.15, -0.1) is 11.3 Å². The molecule has 154 valence electrons. The number of amides is 2. The van der Waals surface area contributed by atoms with Gasteiger partial charge in [0.1, 0.15) is 23.1 Å². The number of carbonyl (C=O) groups is 2. The fourth-order valence-corrected chi connectivity index (χ4v) is 3.68. The lowest BCUT2D eigenvalue weighted by Crippen LogP contribution is -2.41. The molecule has 0 fully saturated rings. The van der Waals surface area contributed by atoms with Crippen molar-refractivity contribution in [2.45, 2.75) is 6.61 Å². The fourth-order valence-electron chi connectivity index (χ4n) is 2.85. The van der Waals surface area contributed by atoms with Crippen LogP contribution in [0.2, 0.25) is 0 Å². The van der Waals surface area contributed by atoms with Crippen LogP contribution in [0.5, 0.6) is 5.75 Å². The molecule has 4 aromatic rings. The smallest absolute Gasteiger partial charge is 0.289 e. The van der Waals surface area contributed by atoms with Crippen LogP contribution >= 0.6 is 11.3 Å². The van der Waals surface area contributed by atoms with Crippen LogP contribution in [0.1, 0.15) is 26.4 Å². The molecule has 2 N–H and O–H groups in total. The van der Waals surface area contributed by atoms with Crippen molar-refractivity contribution in [2.75, 3.05) is 0 Å². The fraction of sp³-hybridized carbons (Fsp3) is 0.0417. The van der Waals surface area contributed by atoms with Crippen molar-refractivity contribution in [3.8, 4) is 16.3 Å². The molecule has 0 spiro atoms. The second-order valence-electron chi connectivity index (χ2n) is 6.58. The van der Waals surface area contributed by atoms with Gasteiger partial charge in [-0.05, 0) is 29.8 Å². The van der Waals surface area contributed by atoms with Gasteiger partial charge >= 0.3 is 0 Å². The third-order valence-corrected chi connectivity index (χ3v) is 5.29. The van der Waals surface area contributed by atoms with Crippen molar-refractivity contribution in [3.05, 3.63) is 107 Å². The summed E-state index contributed by atoms with van der Waals surface area (Å²) in [5, 5.41) is 2.30. The Morgan fingerprint density at radius 2 is 1.45 bits per heavy atom. The van der Waals surface area contributed by atoms with E-state index in [1.54, 1.807) is 29.6 Å². The van der Waals surface area contributed by atoms with Gasteiger partial charge in [0.2, 0.25) is 0 Å². The Morgan fingerprint density at radius 1 is 0.806 bits per heavy atom. The maximum atomic E-state index is 12.4. The summed E-state index contributed by atoms with van der Waals surface area (Å²) in [5.41, 5.74) is 7.32. The molecule has 0 saturated heterocycles. The first-order chi connectivity index (χ1) is 15.2. The number of para-hydroxylation sites is 1. The third kappa shape index (κ3) is 5.15. The van der Waals surface area contributed by atoms with Gasteiger partial charge in [0.05, 0.1) is 5.56 Å². The second kappa shape index (κ2) is 9.69. The van der Waals surface area contributed by atoms with Gasteiger partial charge in [0.25, 0.3) is 11.8 Å². The topological polar surface area (TPSA) is 80.3 Å². The Balaban J connectivity index is 1.42. The molecule has 0 saturated carbocycles. The van der Waals surface area contributed by atoms with Gasteiger partial charge in [-0.3, -0.25) is 20.4 Å².